The molecule has 0 saturated carbocycles. The average molecular weight is 224 g/mol. The molecule has 0 aliphatic rings. The van der Waals surface area contributed by atoms with Crippen LogP contribution in [-0.4, -0.2) is 19.7 Å². The van der Waals surface area contributed by atoms with Crippen molar-refractivity contribution >= 4 is 17.4 Å². The molecular formula is C9H10ClN5. The Morgan fingerprint density at radius 2 is 2.33 bits per heavy atom. The fraction of sp³-hybridized carbons (Fsp3) is 0.222. The molecule has 15 heavy (non-hydrogen) atoms. The normalized spacial score (nSPS) is 12.4. The van der Waals surface area contributed by atoms with Crippen LogP contribution in [0.25, 0.3) is 0 Å². The van der Waals surface area contributed by atoms with Crippen LogP contribution in [0.5, 0.6) is 0 Å². The Morgan fingerprint density at radius 3 is 2.93 bits per heavy atom. The monoisotopic (exact) mass is 223 g/mol. The number of hydrogen-bond donors (Lipinski definition) is 1. The summed E-state index contributed by atoms with van der Waals surface area (Å²) < 4.78 is 1.70. The van der Waals surface area contributed by atoms with Gasteiger partial charge in [-0.2, -0.15) is 5.10 Å². The summed E-state index contributed by atoms with van der Waals surface area (Å²) in [4.78, 5) is 7.99. The molecular weight excluding hydrogens is 214 g/mol. The van der Waals surface area contributed by atoms with Gasteiger partial charge >= 0.3 is 0 Å². The fourth-order valence-corrected chi connectivity index (χ4v) is 1.27. The van der Waals surface area contributed by atoms with E-state index >= 15 is 0 Å². The summed E-state index contributed by atoms with van der Waals surface area (Å²) in [5.74, 6) is 0.752. The van der Waals surface area contributed by atoms with Gasteiger partial charge in [-0.15, -0.1) is 0 Å². The smallest absolute Gasteiger partial charge is 0.137 e. The molecule has 2 aromatic heterocycles. The molecule has 2 rings (SSSR count). The quantitative estimate of drug-likeness (QED) is 0.864. The van der Waals surface area contributed by atoms with Crippen molar-refractivity contribution in [3.63, 3.8) is 0 Å². The number of anilines is 1. The fourth-order valence-electron chi connectivity index (χ4n) is 1.16. The van der Waals surface area contributed by atoms with Crippen molar-refractivity contribution in [3.8, 4) is 0 Å². The third-order valence-corrected chi connectivity index (χ3v) is 2.14. The van der Waals surface area contributed by atoms with E-state index in [1.54, 1.807) is 23.3 Å². The van der Waals surface area contributed by atoms with Crippen molar-refractivity contribution in [2.24, 2.45) is 0 Å². The van der Waals surface area contributed by atoms with Crippen LogP contribution < -0.4 is 5.32 Å². The summed E-state index contributed by atoms with van der Waals surface area (Å²) in [5, 5.41) is 7.80. The van der Waals surface area contributed by atoms with Crippen molar-refractivity contribution in [1.82, 2.24) is 19.7 Å². The maximum absolute atomic E-state index is 5.73. The highest BCUT2D eigenvalue weighted by Crippen LogP contribution is 2.12. The zero-order valence-corrected chi connectivity index (χ0v) is 8.89. The highest BCUT2D eigenvalue weighted by molar-refractivity contribution is 6.30. The van der Waals surface area contributed by atoms with Crippen molar-refractivity contribution in [3.05, 3.63) is 36.0 Å². The van der Waals surface area contributed by atoms with Gasteiger partial charge in [0.25, 0.3) is 0 Å². The van der Waals surface area contributed by atoms with Crippen LogP contribution in [0.15, 0.2) is 31.0 Å². The summed E-state index contributed by atoms with van der Waals surface area (Å²) in [7, 11) is 0. The number of nitrogens with zero attached hydrogens (tertiary/aromatic N) is 4. The Morgan fingerprint density at radius 1 is 1.47 bits per heavy atom. The van der Waals surface area contributed by atoms with Gasteiger partial charge in [0.2, 0.25) is 0 Å². The molecule has 2 heterocycles. The molecule has 0 amide bonds. The van der Waals surface area contributed by atoms with E-state index in [0.717, 1.165) is 5.82 Å². The van der Waals surface area contributed by atoms with Crippen molar-refractivity contribution in [1.29, 1.82) is 0 Å². The van der Waals surface area contributed by atoms with Gasteiger partial charge in [0.15, 0.2) is 0 Å². The molecule has 0 bridgehead atoms. The number of hydrogen-bond acceptors (Lipinski definition) is 4. The zero-order valence-electron chi connectivity index (χ0n) is 8.13. The van der Waals surface area contributed by atoms with E-state index in [9.17, 15) is 0 Å². The summed E-state index contributed by atoms with van der Waals surface area (Å²) in [5.41, 5.74) is 0. The lowest BCUT2D eigenvalue weighted by Crippen LogP contribution is -2.15. The molecule has 78 valence electrons. The van der Waals surface area contributed by atoms with E-state index in [-0.39, 0.29) is 6.17 Å². The molecule has 1 atom stereocenters. The van der Waals surface area contributed by atoms with Gasteiger partial charge in [0.05, 0.1) is 5.02 Å². The minimum atomic E-state index is 0.00109. The van der Waals surface area contributed by atoms with Crippen molar-refractivity contribution in [2.45, 2.75) is 13.1 Å². The van der Waals surface area contributed by atoms with Gasteiger partial charge in [-0.25, -0.2) is 14.6 Å². The molecule has 5 nitrogen and oxygen atoms in total. The molecule has 0 saturated heterocycles. The van der Waals surface area contributed by atoms with E-state index in [2.05, 4.69) is 20.4 Å². The van der Waals surface area contributed by atoms with Crippen LogP contribution in [0.4, 0.5) is 5.82 Å². The number of halogens is 1. The number of pyridine rings is 1. The molecule has 0 radical (unpaired) electrons. The molecule has 2 aromatic rings. The molecule has 1 N–H and O–H groups in total. The summed E-state index contributed by atoms with van der Waals surface area (Å²) >= 11 is 5.73. The molecule has 0 aliphatic carbocycles. The predicted molar refractivity (Wildman–Crippen MR) is 57.6 cm³/mol. The van der Waals surface area contributed by atoms with Crippen molar-refractivity contribution in [2.75, 3.05) is 5.32 Å². The number of rotatable bonds is 3. The van der Waals surface area contributed by atoms with Gasteiger partial charge in [0.1, 0.15) is 24.6 Å². The van der Waals surface area contributed by atoms with E-state index in [1.807, 2.05) is 13.0 Å². The van der Waals surface area contributed by atoms with Crippen LogP contribution in [0.3, 0.4) is 0 Å². The van der Waals surface area contributed by atoms with Crippen molar-refractivity contribution < 1.29 is 0 Å². The number of nitrogens with one attached hydrogen (secondary N) is 1. The first-order chi connectivity index (χ1) is 7.25. The second-order valence-electron chi connectivity index (χ2n) is 3.06. The second-order valence-corrected chi connectivity index (χ2v) is 3.49. The van der Waals surface area contributed by atoms with Gasteiger partial charge in [0, 0.05) is 6.20 Å². The van der Waals surface area contributed by atoms with Crippen LogP contribution in [0, 0.1) is 0 Å². The maximum Gasteiger partial charge on any atom is 0.137 e. The molecule has 0 aliphatic heterocycles. The summed E-state index contributed by atoms with van der Waals surface area (Å²) in [6, 6.07) is 3.60. The molecule has 0 fully saturated rings. The molecule has 0 aromatic carbocycles. The highest BCUT2D eigenvalue weighted by Gasteiger charge is 2.04. The van der Waals surface area contributed by atoms with Crippen LogP contribution >= 0.6 is 11.6 Å². The lowest BCUT2D eigenvalue weighted by atomic mass is 10.4. The van der Waals surface area contributed by atoms with Crippen LogP contribution in [0.1, 0.15) is 13.1 Å². The topological polar surface area (TPSA) is 55.6 Å². The highest BCUT2D eigenvalue weighted by atomic mass is 35.5. The summed E-state index contributed by atoms with van der Waals surface area (Å²) in [6.45, 7) is 1.96. The van der Waals surface area contributed by atoms with E-state index in [1.165, 1.54) is 6.33 Å². The molecule has 0 unspecified atom stereocenters. The predicted octanol–water partition coefficient (Wildman–Crippen LogP) is 1.96. The largest absolute Gasteiger partial charge is 0.349 e. The lowest BCUT2D eigenvalue weighted by Gasteiger charge is -2.13. The number of aromatic nitrogens is 4. The van der Waals surface area contributed by atoms with Crippen LogP contribution in [-0.2, 0) is 0 Å². The minimum absolute atomic E-state index is 0.00109. The van der Waals surface area contributed by atoms with Gasteiger partial charge in [-0.3, -0.25) is 0 Å². The van der Waals surface area contributed by atoms with Gasteiger partial charge in [-0.1, -0.05) is 11.6 Å². The molecule has 0 spiro atoms. The maximum atomic E-state index is 5.73. The second kappa shape index (κ2) is 4.27. The Kier molecular flexibility index (Phi) is 2.82. The van der Waals surface area contributed by atoms with E-state index in [4.69, 9.17) is 11.6 Å². The third-order valence-electron chi connectivity index (χ3n) is 1.92. The SMILES string of the molecule is C[C@H](Nc1ccc(Cl)cn1)n1cncn1. The minimum Gasteiger partial charge on any atom is -0.349 e. The average Bonchev–Trinajstić information content (AvgIpc) is 2.74. The standard InChI is InChI=1S/C9H10ClN5/c1-7(15-6-11-5-13-15)14-9-3-2-8(10)4-12-9/h2-7H,1H3,(H,12,14)/t7-/m1/s1. The Labute approximate surface area is 92.1 Å². The first-order valence-electron chi connectivity index (χ1n) is 4.48. The molecule has 6 heteroatoms. The van der Waals surface area contributed by atoms with Gasteiger partial charge < -0.3 is 5.32 Å². The third kappa shape index (κ3) is 2.44. The Hall–Kier alpha value is -1.62. The Bertz CT molecular complexity index is 411. The lowest BCUT2D eigenvalue weighted by molar-refractivity contribution is 0.542. The Balaban J connectivity index is 2.06. The van der Waals surface area contributed by atoms with Crippen LogP contribution in [0.2, 0.25) is 5.02 Å². The first kappa shape index (κ1) is 9.92. The summed E-state index contributed by atoms with van der Waals surface area (Å²) in [6.07, 6.45) is 4.74. The first-order valence-corrected chi connectivity index (χ1v) is 4.86. The van der Waals surface area contributed by atoms with Gasteiger partial charge in [-0.05, 0) is 19.1 Å². The van der Waals surface area contributed by atoms with E-state index in [0.29, 0.717) is 5.02 Å². The van der Waals surface area contributed by atoms with E-state index < -0.39 is 0 Å². The zero-order chi connectivity index (χ0) is 10.7.